The van der Waals surface area contributed by atoms with Crippen LogP contribution >= 0.6 is 11.3 Å². The summed E-state index contributed by atoms with van der Waals surface area (Å²) in [5, 5.41) is 10.8. The predicted molar refractivity (Wildman–Crippen MR) is 71.1 cm³/mol. The minimum atomic E-state index is 0.563. The highest BCUT2D eigenvalue weighted by atomic mass is 32.1. The summed E-state index contributed by atoms with van der Waals surface area (Å²) in [4.78, 5) is 4.01. The minimum Gasteiger partial charge on any atom is -0.265 e. The first kappa shape index (κ1) is 12.2. The molecule has 1 atom stereocenters. The van der Waals surface area contributed by atoms with Gasteiger partial charge in [-0.3, -0.25) is 4.98 Å². The average molecular weight is 247 g/mol. The van der Waals surface area contributed by atoms with E-state index in [1.54, 1.807) is 23.7 Å². The summed E-state index contributed by atoms with van der Waals surface area (Å²) in [6.45, 7) is 4.43. The van der Waals surface area contributed by atoms with Crippen molar-refractivity contribution in [3.63, 3.8) is 0 Å². The van der Waals surface area contributed by atoms with Gasteiger partial charge >= 0.3 is 0 Å². The summed E-state index contributed by atoms with van der Waals surface area (Å²) >= 11 is 1.71. The van der Waals surface area contributed by atoms with Gasteiger partial charge < -0.3 is 0 Å². The summed E-state index contributed by atoms with van der Waals surface area (Å²) in [6, 6.07) is 3.95. The topological polar surface area (TPSA) is 38.7 Å². The lowest BCUT2D eigenvalue weighted by atomic mass is 10.0. The molecule has 3 nitrogen and oxygen atoms in total. The van der Waals surface area contributed by atoms with E-state index in [0.29, 0.717) is 5.92 Å². The predicted octanol–water partition coefficient (Wildman–Crippen LogP) is 3.89. The highest BCUT2D eigenvalue weighted by molar-refractivity contribution is 7.14. The number of pyridine rings is 1. The standard InChI is InChI=1S/C13H17N3S/c1-3-5-10(4-2)12-15-16-13(17-12)11-6-8-14-9-7-11/h6-10H,3-5H2,1-2H3. The Bertz CT molecular complexity index is 453. The molecule has 0 saturated heterocycles. The maximum absolute atomic E-state index is 4.33. The van der Waals surface area contributed by atoms with Gasteiger partial charge in [0.15, 0.2) is 0 Å². The highest BCUT2D eigenvalue weighted by Gasteiger charge is 2.14. The Kier molecular flexibility index (Phi) is 4.20. The van der Waals surface area contributed by atoms with Gasteiger partial charge in [-0.2, -0.15) is 0 Å². The van der Waals surface area contributed by atoms with Gasteiger partial charge in [-0.25, -0.2) is 0 Å². The van der Waals surface area contributed by atoms with Crippen molar-refractivity contribution in [2.45, 2.75) is 39.0 Å². The van der Waals surface area contributed by atoms with Crippen molar-refractivity contribution in [3.05, 3.63) is 29.5 Å². The van der Waals surface area contributed by atoms with E-state index in [0.717, 1.165) is 17.0 Å². The molecule has 0 spiro atoms. The van der Waals surface area contributed by atoms with Crippen LogP contribution in [0.4, 0.5) is 0 Å². The van der Waals surface area contributed by atoms with Crippen LogP contribution in [0.3, 0.4) is 0 Å². The van der Waals surface area contributed by atoms with E-state index >= 15 is 0 Å². The van der Waals surface area contributed by atoms with Crippen LogP contribution in [0.2, 0.25) is 0 Å². The molecule has 0 aliphatic rings. The number of aromatic nitrogens is 3. The van der Waals surface area contributed by atoms with Crippen LogP contribution in [0.5, 0.6) is 0 Å². The van der Waals surface area contributed by atoms with Crippen molar-refractivity contribution in [1.82, 2.24) is 15.2 Å². The molecule has 2 heterocycles. The third-order valence-electron chi connectivity index (χ3n) is 2.85. The van der Waals surface area contributed by atoms with E-state index in [1.165, 1.54) is 17.8 Å². The number of nitrogens with zero attached hydrogens (tertiary/aromatic N) is 3. The van der Waals surface area contributed by atoms with Gasteiger partial charge in [-0.1, -0.05) is 31.6 Å². The lowest BCUT2D eigenvalue weighted by Gasteiger charge is -2.08. The Morgan fingerprint density at radius 3 is 2.59 bits per heavy atom. The van der Waals surface area contributed by atoms with Crippen molar-refractivity contribution in [2.75, 3.05) is 0 Å². The summed E-state index contributed by atoms with van der Waals surface area (Å²) in [6.07, 6.45) is 7.11. The van der Waals surface area contributed by atoms with Crippen LogP contribution in [0.1, 0.15) is 44.0 Å². The summed E-state index contributed by atoms with van der Waals surface area (Å²) < 4.78 is 0. The molecule has 90 valence electrons. The molecular weight excluding hydrogens is 230 g/mol. The Hall–Kier alpha value is -1.29. The smallest absolute Gasteiger partial charge is 0.147 e. The molecule has 0 saturated carbocycles. The Labute approximate surface area is 106 Å². The summed E-state index contributed by atoms with van der Waals surface area (Å²) in [5.41, 5.74) is 1.11. The van der Waals surface area contributed by atoms with Crippen LogP contribution in [0.15, 0.2) is 24.5 Å². The SMILES string of the molecule is CCCC(CC)c1nnc(-c2ccncc2)s1. The van der Waals surface area contributed by atoms with Crippen LogP contribution < -0.4 is 0 Å². The van der Waals surface area contributed by atoms with E-state index in [9.17, 15) is 0 Å². The first-order chi connectivity index (χ1) is 8.35. The lowest BCUT2D eigenvalue weighted by Crippen LogP contribution is -1.95. The average Bonchev–Trinajstić information content (AvgIpc) is 2.86. The molecule has 0 bridgehead atoms. The van der Waals surface area contributed by atoms with Gasteiger partial charge in [-0.15, -0.1) is 10.2 Å². The van der Waals surface area contributed by atoms with Crippen molar-refractivity contribution in [3.8, 4) is 10.6 Å². The molecule has 2 rings (SSSR count). The van der Waals surface area contributed by atoms with Crippen LogP contribution in [0.25, 0.3) is 10.6 Å². The fourth-order valence-corrected chi connectivity index (χ4v) is 2.93. The molecule has 2 aromatic heterocycles. The third kappa shape index (κ3) is 2.88. The normalized spacial score (nSPS) is 12.6. The molecule has 0 radical (unpaired) electrons. The zero-order chi connectivity index (χ0) is 12.1. The molecule has 4 heteroatoms. The fourth-order valence-electron chi connectivity index (χ4n) is 1.86. The zero-order valence-corrected chi connectivity index (χ0v) is 11.1. The number of hydrogen-bond acceptors (Lipinski definition) is 4. The summed E-state index contributed by atoms with van der Waals surface area (Å²) in [7, 11) is 0. The minimum absolute atomic E-state index is 0.563. The largest absolute Gasteiger partial charge is 0.265 e. The van der Waals surface area contributed by atoms with Crippen LogP contribution in [-0.4, -0.2) is 15.2 Å². The van der Waals surface area contributed by atoms with Gasteiger partial charge in [0.25, 0.3) is 0 Å². The molecule has 0 aromatic carbocycles. The maximum Gasteiger partial charge on any atom is 0.147 e. The van der Waals surface area contributed by atoms with Crippen molar-refractivity contribution >= 4 is 11.3 Å². The lowest BCUT2D eigenvalue weighted by molar-refractivity contribution is 0.587. The Morgan fingerprint density at radius 1 is 1.18 bits per heavy atom. The first-order valence-electron chi connectivity index (χ1n) is 6.09. The molecule has 2 aromatic rings. The molecule has 1 unspecified atom stereocenters. The van der Waals surface area contributed by atoms with E-state index < -0.39 is 0 Å². The fraction of sp³-hybridized carbons (Fsp3) is 0.462. The second-order valence-electron chi connectivity index (χ2n) is 4.08. The Balaban J connectivity index is 2.21. The van der Waals surface area contributed by atoms with E-state index in [4.69, 9.17) is 0 Å². The van der Waals surface area contributed by atoms with Crippen molar-refractivity contribution < 1.29 is 0 Å². The zero-order valence-electron chi connectivity index (χ0n) is 10.3. The Morgan fingerprint density at radius 2 is 1.94 bits per heavy atom. The number of rotatable bonds is 5. The van der Waals surface area contributed by atoms with E-state index in [1.807, 2.05) is 12.1 Å². The molecule has 0 aliphatic carbocycles. The monoisotopic (exact) mass is 247 g/mol. The quantitative estimate of drug-likeness (QED) is 0.804. The number of hydrogen-bond donors (Lipinski definition) is 0. The molecular formula is C13H17N3S. The third-order valence-corrected chi connectivity index (χ3v) is 3.98. The van der Waals surface area contributed by atoms with Gasteiger partial charge in [0.1, 0.15) is 10.0 Å². The molecule has 0 amide bonds. The van der Waals surface area contributed by atoms with E-state index in [2.05, 4.69) is 29.0 Å². The second-order valence-corrected chi connectivity index (χ2v) is 5.08. The van der Waals surface area contributed by atoms with Gasteiger partial charge in [0.2, 0.25) is 0 Å². The maximum atomic E-state index is 4.33. The van der Waals surface area contributed by atoms with Crippen molar-refractivity contribution in [1.29, 1.82) is 0 Å². The van der Waals surface area contributed by atoms with E-state index in [-0.39, 0.29) is 0 Å². The summed E-state index contributed by atoms with van der Waals surface area (Å²) in [5.74, 6) is 0.563. The first-order valence-corrected chi connectivity index (χ1v) is 6.90. The molecule has 0 aliphatic heterocycles. The van der Waals surface area contributed by atoms with Gasteiger partial charge in [0.05, 0.1) is 0 Å². The molecule has 17 heavy (non-hydrogen) atoms. The van der Waals surface area contributed by atoms with Gasteiger partial charge in [-0.05, 0) is 25.0 Å². The molecule has 0 fully saturated rings. The highest BCUT2D eigenvalue weighted by Crippen LogP contribution is 2.31. The van der Waals surface area contributed by atoms with Crippen LogP contribution in [-0.2, 0) is 0 Å². The van der Waals surface area contributed by atoms with Gasteiger partial charge in [0, 0.05) is 23.9 Å². The van der Waals surface area contributed by atoms with Crippen molar-refractivity contribution in [2.24, 2.45) is 0 Å². The molecule has 0 N–H and O–H groups in total. The second kappa shape index (κ2) is 5.87. The van der Waals surface area contributed by atoms with Crippen LogP contribution in [0, 0.1) is 0 Å².